The molecule has 0 unspecified atom stereocenters. The van der Waals surface area contributed by atoms with E-state index in [1.165, 1.54) is 5.56 Å². The van der Waals surface area contributed by atoms with Crippen molar-refractivity contribution in [3.63, 3.8) is 0 Å². The normalized spacial score (nSPS) is 15.1. The molecule has 0 aromatic heterocycles. The number of carbonyl (C=O) groups is 2. The number of piperazine rings is 1. The van der Waals surface area contributed by atoms with E-state index in [2.05, 4.69) is 25.2 Å². The highest BCUT2D eigenvalue weighted by Crippen LogP contribution is 2.20. The van der Waals surface area contributed by atoms with Crippen LogP contribution >= 0.6 is 0 Å². The topological polar surface area (TPSA) is 52.7 Å². The molecule has 1 heterocycles. The molecule has 5 nitrogen and oxygen atoms in total. The van der Waals surface area contributed by atoms with Crippen molar-refractivity contribution >= 4 is 11.9 Å². The molecule has 0 radical (unpaired) electrons. The number of aryl methyl sites for hydroxylation is 1. The molecule has 0 saturated carbocycles. The number of nitrogens with zero attached hydrogens (tertiary/aromatic N) is 2. The zero-order chi connectivity index (χ0) is 17.9. The first-order valence-electron chi connectivity index (χ1n) is 8.75. The molecule has 24 heavy (non-hydrogen) atoms. The fourth-order valence-corrected chi connectivity index (χ4v) is 2.85. The standard InChI is InChI=1S/C19H29N3O2/c1-13(2)16-7-6-15(5)17(12-16)18(23)21-8-10-22(11-9-21)19(24)20-14(3)4/h6-7,12-14H,8-11H2,1-5H3,(H,20,24). The van der Waals surface area contributed by atoms with Gasteiger partial charge >= 0.3 is 6.03 Å². The number of hydrogen-bond donors (Lipinski definition) is 1. The fraction of sp³-hybridized carbons (Fsp3) is 0.579. The Labute approximate surface area is 145 Å². The second-order valence-corrected chi connectivity index (χ2v) is 7.11. The Morgan fingerprint density at radius 3 is 2.12 bits per heavy atom. The monoisotopic (exact) mass is 331 g/mol. The lowest BCUT2D eigenvalue weighted by Gasteiger charge is -2.35. The van der Waals surface area contributed by atoms with Crippen molar-refractivity contribution in [2.75, 3.05) is 26.2 Å². The average molecular weight is 331 g/mol. The van der Waals surface area contributed by atoms with Gasteiger partial charge in [0, 0.05) is 37.8 Å². The van der Waals surface area contributed by atoms with Crippen LogP contribution in [-0.2, 0) is 0 Å². The van der Waals surface area contributed by atoms with Crippen LogP contribution in [0.2, 0.25) is 0 Å². The Bertz CT molecular complexity index is 603. The van der Waals surface area contributed by atoms with Crippen LogP contribution < -0.4 is 5.32 Å². The fourth-order valence-electron chi connectivity index (χ4n) is 2.85. The first-order chi connectivity index (χ1) is 11.3. The van der Waals surface area contributed by atoms with Gasteiger partial charge in [0.15, 0.2) is 0 Å². The van der Waals surface area contributed by atoms with Crippen molar-refractivity contribution in [1.82, 2.24) is 15.1 Å². The van der Waals surface area contributed by atoms with E-state index in [4.69, 9.17) is 0 Å². The maximum Gasteiger partial charge on any atom is 0.317 e. The van der Waals surface area contributed by atoms with Gasteiger partial charge in [-0.2, -0.15) is 0 Å². The molecule has 132 valence electrons. The molecule has 0 aliphatic carbocycles. The summed E-state index contributed by atoms with van der Waals surface area (Å²) in [7, 11) is 0. The molecule has 1 aliphatic heterocycles. The highest BCUT2D eigenvalue weighted by atomic mass is 16.2. The Kier molecular flexibility index (Phi) is 5.86. The summed E-state index contributed by atoms with van der Waals surface area (Å²) < 4.78 is 0. The minimum atomic E-state index is -0.0462. The average Bonchev–Trinajstić information content (AvgIpc) is 2.54. The minimum absolute atomic E-state index is 0.0462. The van der Waals surface area contributed by atoms with E-state index in [0.717, 1.165) is 11.1 Å². The van der Waals surface area contributed by atoms with Gasteiger partial charge in [-0.25, -0.2) is 4.79 Å². The van der Waals surface area contributed by atoms with Gasteiger partial charge in [-0.3, -0.25) is 4.79 Å². The lowest BCUT2D eigenvalue weighted by atomic mass is 9.97. The quantitative estimate of drug-likeness (QED) is 0.926. The number of nitrogens with one attached hydrogen (secondary N) is 1. The third-order valence-corrected chi connectivity index (χ3v) is 4.42. The number of amides is 3. The van der Waals surface area contributed by atoms with Crippen LogP contribution in [0.3, 0.4) is 0 Å². The highest BCUT2D eigenvalue weighted by molar-refractivity contribution is 5.96. The molecule has 0 spiro atoms. The van der Waals surface area contributed by atoms with Crippen molar-refractivity contribution in [3.05, 3.63) is 34.9 Å². The molecule has 1 saturated heterocycles. The van der Waals surface area contributed by atoms with Crippen LogP contribution in [0.4, 0.5) is 4.79 Å². The maximum atomic E-state index is 12.9. The molecule has 1 aromatic rings. The molecule has 5 heteroatoms. The van der Waals surface area contributed by atoms with Gasteiger partial charge in [-0.05, 0) is 43.9 Å². The van der Waals surface area contributed by atoms with Crippen LogP contribution in [0, 0.1) is 6.92 Å². The predicted octanol–water partition coefficient (Wildman–Crippen LogP) is 2.99. The van der Waals surface area contributed by atoms with Crippen LogP contribution in [0.25, 0.3) is 0 Å². The zero-order valence-corrected chi connectivity index (χ0v) is 15.4. The molecule has 1 aliphatic rings. The zero-order valence-electron chi connectivity index (χ0n) is 15.4. The maximum absolute atomic E-state index is 12.9. The SMILES string of the molecule is Cc1ccc(C(C)C)cc1C(=O)N1CCN(C(=O)NC(C)C)CC1. The van der Waals surface area contributed by atoms with E-state index in [1.54, 1.807) is 4.90 Å². The molecule has 1 N–H and O–H groups in total. The van der Waals surface area contributed by atoms with E-state index in [9.17, 15) is 9.59 Å². The Morgan fingerprint density at radius 2 is 1.58 bits per heavy atom. The summed E-state index contributed by atoms with van der Waals surface area (Å²) in [5, 5.41) is 2.90. The van der Waals surface area contributed by atoms with E-state index in [-0.39, 0.29) is 18.0 Å². The summed E-state index contributed by atoms with van der Waals surface area (Å²) in [5.74, 6) is 0.465. The van der Waals surface area contributed by atoms with E-state index in [1.807, 2.05) is 37.8 Å². The van der Waals surface area contributed by atoms with Crippen molar-refractivity contribution in [1.29, 1.82) is 0 Å². The van der Waals surface area contributed by atoms with E-state index < -0.39 is 0 Å². The third kappa shape index (κ3) is 4.28. The van der Waals surface area contributed by atoms with Gasteiger partial charge in [-0.1, -0.05) is 26.0 Å². The van der Waals surface area contributed by atoms with Gasteiger partial charge in [-0.15, -0.1) is 0 Å². The van der Waals surface area contributed by atoms with Gasteiger partial charge in [0.2, 0.25) is 0 Å². The Balaban J connectivity index is 2.03. The van der Waals surface area contributed by atoms with Crippen molar-refractivity contribution < 1.29 is 9.59 Å². The number of hydrogen-bond acceptors (Lipinski definition) is 2. The highest BCUT2D eigenvalue weighted by Gasteiger charge is 2.26. The van der Waals surface area contributed by atoms with Crippen molar-refractivity contribution in [2.45, 2.75) is 46.6 Å². The van der Waals surface area contributed by atoms with Crippen molar-refractivity contribution in [3.8, 4) is 0 Å². The number of benzene rings is 1. The van der Waals surface area contributed by atoms with Crippen molar-refractivity contribution in [2.24, 2.45) is 0 Å². The number of rotatable bonds is 3. The molecule has 3 amide bonds. The lowest BCUT2D eigenvalue weighted by Crippen LogP contribution is -2.54. The van der Waals surface area contributed by atoms with Crippen LogP contribution in [0.5, 0.6) is 0 Å². The molecule has 1 fully saturated rings. The smallest absolute Gasteiger partial charge is 0.317 e. The van der Waals surface area contributed by atoms with E-state index >= 15 is 0 Å². The molecular formula is C19H29N3O2. The molecule has 0 bridgehead atoms. The molecule has 2 rings (SSSR count). The van der Waals surface area contributed by atoms with Gasteiger partial charge in [0.05, 0.1) is 0 Å². The summed E-state index contributed by atoms with van der Waals surface area (Å²) in [6, 6.07) is 6.20. The van der Waals surface area contributed by atoms with Crippen LogP contribution in [0.1, 0.15) is 55.1 Å². The van der Waals surface area contributed by atoms with Crippen LogP contribution in [0.15, 0.2) is 18.2 Å². The number of urea groups is 1. The number of carbonyl (C=O) groups excluding carboxylic acids is 2. The first kappa shape index (κ1) is 18.3. The van der Waals surface area contributed by atoms with Crippen LogP contribution in [-0.4, -0.2) is 54.0 Å². The summed E-state index contributed by atoms with van der Waals surface area (Å²) in [6.07, 6.45) is 0. The second-order valence-electron chi connectivity index (χ2n) is 7.11. The Hall–Kier alpha value is -2.04. The molecular weight excluding hydrogens is 302 g/mol. The lowest BCUT2D eigenvalue weighted by molar-refractivity contribution is 0.0663. The summed E-state index contributed by atoms with van der Waals surface area (Å²) in [4.78, 5) is 28.5. The van der Waals surface area contributed by atoms with E-state index in [0.29, 0.717) is 32.1 Å². The second kappa shape index (κ2) is 7.69. The van der Waals surface area contributed by atoms with Gasteiger partial charge in [0.1, 0.15) is 0 Å². The Morgan fingerprint density at radius 1 is 1.00 bits per heavy atom. The summed E-state index contributed by atoms with van der Waals surface area (Å²) in [5.41, 5.74) is 2.96. The first-order valence-corrected chi connectivity index (χ1v) is 8.75. The van der Waals surface area contributed by atoms with Gasteiger partial charge in [0.25, 0.3) is 5.91 Å². The summed E-state index contributed by atoms with van der Waals surface area (Å²) in [6.45, 7) is 12.4. The third-order valence-electron chi connectivity index (χ3n) is 4.42. The molecule has 0 atom stereocenters. The largest absolute Gasteiger partial charge is 0.336 e. The predicted molar refractivity (Wildman–Crippen MR) is 96.4 cm³/mol. The molecule has 1 aromatic carbocycles. The van der Waals surface area contributed by atoms with Gasteiger partial charge < -0.3 is 15.1 Å². The minimum Gasteiger partial charge on any atom is -0.336 e. The summed E-state index contributed by atoms with van der Waals surface area (Å²) >= 11 is 0.